The third-order valence-electron chi connectivity index (χ3n) is 6.49. The molecule has 0 fully saturated rings. The van der Waals surface area contributed by atoms with Gasteiger partial charge in [-0.1, -0.05) is 54.6 Å². The Morgan fingerprint density at radius 2 is 0.827 bits per heavy atom. The molecular formula is C36H31Br4N7NiO3Re-3. The van der Waals surface area contributed by atoms with E-state index in [-0.39, 0.29) is 110 Å². The van der Waals surface area contributed by atoms with Crippen LogP contribution in [0, 0.1) is 43.9 Å². The minimum absolute atomic E-state index is 0. The molecule has 5 heterocycles. The summed E-state index contributed by atoms with van der Waals surface area (Å²) in [5.74, 6) is -1.19. The fourth-order valence-electron chi connectivity index (χ4n) is 4.41. The molecule has 16 heteroatoms. The van der Waals surface area contributed by atoms with Crippen LogP contribution in [-0.4, -0.2) is 30.9 Å². The number of nitriles is 1. The molecule has 0 aliphatic rings. The summed E-state index contributed by atoms with van der Waals surface area (Å²) >= 11 is 0. The molecule has 0 atom stereocenters. The van der Waals surface area contributed by atoms with Crippen LogP contribution in [0.4, 0.5) is 0 Å². The number of carboxylic acids is 1. The maximum atomic E-state index is 10.0. The van der Waals surface area contributed by atoms with Crippen molar-refractivity contribution in [2.24, 2.45) is 0 Å². The van der Waals surface area contributed by atoms with E-state index >= 15 is 0 Å². The molecule has 0 amide bonds. The molecule has 0 saturated carbocycles. The Kier molecular flexibility index (Phi) is 30.4. The van der Waals surface area contributed by atoms with E-state index < -0.39 is 5.97 Å². The SMILES string of the molecule is CC#N.Cc1ccc2ccc3ccc(C)nc3c2n1.Cc1ccc2ccc3ccc(C)nc3c2n1.O=C([O-])c1cccnc1.[Br-].[Br-].[Br-].[Br-].[N]=O.[Ni+2].[Re]. The van der Waals surface area contributed by atoms with Crippen LogP contribution in [0.25, 0.3) is 43.6 Å². The van der Waals surface area contributed by atoms with E-state index in [1.807, 2.05) is 52.0 Å². The summed E-state index contributed by atoms with van der Waals surface area (Å²) in [6.07, 6.45) is 2.75. The second kappa shape index (κ2) is 28.4. The fourth-order valence-corrected chi connectivity index (χ4v) is 4.41. The summed E-state index contributed by atoms with van der Waals surface area (Å²) in [7, 11) is 0. The number of rotatable bonds is 1. The number of pyridine rings is 5. The van der Waals surface area contributed by atoms with Crippen LogP contribution >= 0.6 is 0 Å². The van der Waals surface area contributed by atoms with Crippen LogP contribution in [0.5, 0.6) is 0 Å². The molecule has 2 radical (unpaired) electrons. The van der Waals surface area contributed by atoms with Crippen molar-refractivity contribution in [2.45, 2.75) is 34.6 Å². The van der Waals surface area contributed by atoms with Crippen molar-refractivity contribution in [3.05, 3.63) is 131 Å². The molecule has 0 aliphatic carbocycles. The number of aryl methyl sites for hydroxylation is 4. The van der Waals surface area contributed by atoms with Gasteiger partial charge < -0.3 is 77.8 Å². The molecule has 0 aliphatic heterocycles. The van der Waals surface area contributed by atoms with Gasteiger partial charge in [-0.15, -0.1) is 4.91 Å². The number of benzene rings is 2. The van der Waals surface area contributed by atoms with Crippen LogP contribution in [0.15, 0.2) is 97.3 Å². The first-order valence-electron chi connectivity index (χ1n) is 14.1. The Bertz CT molecular complexity index is 1940. The van der Waals surface area contributed by atoms with E-state index in [1.165, 1.54) is 25.4 Å². The zero-order valence-corrected chi connectivity index (χ0v) is 38.3. The molecule has 7 rings (SSSR count). The van der Waals surface area contributed by atoms with Gasteiger partial charge in [0, 0.05) is 89.6 Å². The summed E-state index contributed by atoms with van der Waals surface area (Å²) in [5, 5.41) is 22.0. The third-order valence-corrected chi connectivity index (χ3v) is 6.49. The average Bonchev–Trinajstić information content (AvgIpc) is 3.07. The number of fused-ring (bicyclic) bond motifs is 6. The van der Waals surface area contributed by atoms with Crippen molar-refractivity contribution in [1.82, 2.24) is 30.5 Å². The largest absolute Gasteiger partial charge is 2.00 e. The zero-order chi connectivity index (χ0) is 33.6. The number of halogens is 4. The third kappa shape index (κ3) is 15.9. The number of nitrogens with zero attached hydrogens (tertiary/aromatic N) is 7. The number of carboxylic acid groups (broad SMARTS) is 1. The second-order valence-electron chi connectivity index (χ2n) is 9.98. The Morgan fingerprint density at radius 1 is 0.577 bits per heavy atom. The molecule has 0 unspecified atom stereocenters. The number of aromatic nitrogens is 5. The molecule has 0 spiro atoms. The van der Waals surface area contributed by atoms with Crippen LogP contribution in [0.2, 0.25) is 0 Å². The van der Waals surface area contributed by atoms with E-state index in [1.54, 1.807) is 12.1 Å². The molecule has 0 N–H and O–H groups in total. The summed E-state index contributed by atoms with van der Waals surface area (Å²) in [4.78, 5) is 39.2. The normalized spacial score (nSPS) is 8.62. The number of carbonyl (C=O) groups excluding carboxylic acids is 1. The first-order chi connectivity index (χ1) is 22.2. The molecule has 0 bridgehead atoms. The standard InChI is InChI=1S/2C14H12N2.C6H5NO2.C2H3N.4BrH.NO.Ni.Re/c2*1-9-3-5-11-7-8-12-6-4-10(2)16-14(12)13(11)15-9;8-6(9)5-2-1-3-7-4-5;1-2-3;;;;;1-2;;/h2*3-8H,1-2H3;1-4H,(H,8,9);1H3;4*1H;;;/q;;;;;;;;;+2;/p-5. The fraction of sp³-hybridized carbons (Fsp3) is 0.139. The number of hydrogen-bond donors (Lipinski definition) is 0. The maximum absolute atomic E-state index is 10.0. The Balaban J connectivity index is -0.000000305. The maximum Gasteiger partial charge on any atom is 2.00 e. The van der Waals surface area contributed by atoms with Gasteiger partial charge in [0.1, 0.15) is 5.59 Å². The monoisotopic (exact) mass is 1170 g/mol. The summed E-state index contributed by atoms with van der Waals surface area (Å²) in [5.41, 5.74) is 14.0. The summed E-state index contributed by atoms with van der Waals surface area (Å²) < 4.78 is 0. The number of hydrogen-bond acceptors (Lipinski definition) is 9. The van der Waals surface area contributed by atoms with E-state index in [4.69, 9.17) is 15.8 Å². The van der Waals surface area contributed by atoms with Gasteiger partial charge in [0.2, 0.25) is 0 Å². The van der Waals surface area contributed by atoms with Gasteiger partial charge in [0.15, 0.2) is 0 Å². The summed E-state index contributed by atoms with van der Waals surface area (Å²) in [6, 6.07) is 29.6. The predicted octanol–water partition coefficient (Wildman–Crippen LogP) is -5.66. The van der Waals surface area contributed by atoms with E-state index in [0.29, 0.717) is 0 Å². The van der Waals surface area contributed by atoms with Crippen LogP contribution in [0.1, 0.15) is 40.1 Å². The van der Waals surface area contributed by atoms with Crippen molar-refractivity contribution in [1.29, 1.82) is 5.26 Å². The van der Waals surface area contributed by atoms with Crippen molar-refractivity contribution < 1.29 is 115 Å². The molecule has 7 aromatic rings. The molecule has 2 aromatic carbocycles. The first-order valence-corrected chi connectivity index (χ1v) is 14.1. The topological polar surface area (TPSA) is 168 Å². The summed E-state index contributed by atoms with van der Waals surface area (Å²) in [6.45, 7) is 9.46. The molecule has 5 aromatic heterocycles. The van der Waals surface area contributed by atoms with E-state index in [0.717, 1.165) is 66.4 Å². The van der Waals surface area contributed by atoms with Crippen molar-refractivity contribution >= 4 is 49.6 Å². The molecular weight excluding hydrogens is 1140 g/mol. The minimum Gasteiger partial charge on any atom is -1.00 e. The van der Waals surface area contributed by atoms with Crippen molar-refractivity contribution in [3.8, 4) is 6.07 Å². The second-order valence-corrected chi connectivity index (χ2v) is 9.98. The van der Waals surface area contributed by atoms with Gasteiger partial charge in [0.05, 0.1) is 34.1 Å². The molecule has 0 saturated heterocycles. The van der Waals surface area contributed by atoms with Crippen LogP contribution in [-0.2, 0) is 36.9 Å². The van der Waals surface area contributed by atoms with E-state index in [2.05, 4.69) is 73.5 Å². The van der Waals surface area contributed by atoms with Crippen molar-refractivity contribution in [3.63, 3.8) is 0 Å². The van der Waals surface area contributed by atoms with Gasteiger partial charge in [-0.25, -0.2) is 0 Å². The predicted molar refractivity (Wildman–Crippen MR) is 178 cm³/mol. The Labute approximate surface area is 368 Å². The van der Waals surface area contributed by atoms with Crippen molar-refractivity contribution in [2.75, 3.05) is 0 Å². The van der Waals surface area contributed by atoms with Gasteiger partial charge >= 0.3 is 16.5 Å². The molecule has 10 nitrogen and oxygen atoms in total. The Morgan fingerprint density at radius 3 is 1.02 bits per heavy atom. The average molecular weight is 1170 g/mol. The zero-order valence-electron chi connectivity index (χ0n) is 28.3. The molecule has 52 heavy (non-hydrogen) atoms. The smallest absolute Gasteiger partial charge is 1.00 e. The quantitative estimate of drug-likeness (QED) is 0.115. The van der Waals surface area contributed by atoms with Crippen LogP contribution < -0.4 is 78.6 Å². The number of carbonyl (C=O) groups is 1. The van der Waals surface area contributed by atoms with Gasteiger partial charge in [-0.2, -0.15) is 5.26 Å². The number of aromatic carboxylic acids is 1. The number of nitroso groups, excluding NO2 is 1. The van der Waals surface area contributed by atoms with E-state index in [9.17, 15) is 9.90 Å². The van der Waals surface area contributed by atoms with Crippen LogP contribution in [0.3, 0.4) is 0 Å². The van der Waals surface area contributed by atoms with Gasteiger partial charge in [-0.05, 0) is 58.0 Å². The minimum atomic E-state index is -1.19. The van der Waals surface area contributed by atoms with Gasteiger partial charge in [0.25, 0.3) is 0 Å². The Hall–Kier alpha value is -3.13. The molecule has 276 valence electrons. The van der Waals surface area contributed by atoms with Gasteiger partial charge in [-0.3, -0.25) is 24.9 Å². The first kappa shape index (κ1) is 55.6.